The molecule has 1 aromatic carbocycles. The lowest BCUT2D eigenvalue weighted by molar-refractivity contribution is -0.114. The van der Waals surface area contributed by atoms with E-state index in [0.717, 1.165) is 26.3 Å². The van der Waals surface area contributed by atoms with Crippen molar-refractivity contribution in [2.75, 3.05) is 38.2 Å². The Kier molecular flexibility index (Phi) is 6.75. The molecule has 0 aliphatic carbocycles. The predicted molar refractivity (Wildman–Crippen MR) is 94.1 cm³/mol. The van der Waals surface area contributed by atoms with E-state index >= 15 is 0 Å². The van der Waals surface area contributed by atoms with Crippen molar-refractivity contribution in [2.24, 2.45) is 5.92 Å². The van der Waals surface area contributed by atoms with Gasteiger partial charge in [0, 0.05) is 43.9 Å². The van der Waals surface area contributed by atoms with Gasteiger partial charge in [0.1, 0.15) is 0 Å². The number of rotatable bonds is 6. The summed E-state index contributed by atoms with van der Waals surface area (Å²) in [6.45, 7) is 9.74. The van der Waals surface area contributed by atoms with Crippen molar-refractivity contribution in [1.29, 1.82) is 0 Å². The molecule has 0 bridgehead atoms. The Labute approximate surface area is 143 Å². The molecule has 1 aromatic rings. The zero-order valence-electron chi connectivity index (χ0n) is 14.7. The zero-order valence-corrected chi connectivity index (χ0v) is 14.7. The number of benzene rings is 1. The summed E-state index contributed by atoms with van der Waals surface area (Å²) >= 11 is 0. The van der Waals surface area contributed by atoms with Crippen LogP contribution in [0.3, 0.4) is 0 Å². The first kappa shape index (κ1) is 18.4. The number of nitrogens with one attached hydrogen (secondary N) is 2. The normalized spacial score (nSPS) is 16.7. The molecule has 6 nitrogen and oxygen atoms in total. The van der Waals surface area contributed by atoms with Gasteiger partial charge in [0.15, 0.2) is 0 Å². The van der Waals surface area contributed by atoms with Crippen LogP contribution < -0.4 is 10.6 Å². The molecule has 1 aliphatic rings. The third-order valence-electron chi connectivity index (χ3n) is 4.22. The minimum absolute atomic E-state index is 0.0942. The number of amides is 2. The molecule has 0 saturated carbocycles. The van der Waals surface area contributed by atoms with Gasteiger partial charge in [0.25, 0.3) is 5.91 Å². The van der Waals surface area contributed by atoms with Gasteiger partial charge >= 0.3 is 0 Å². The van der Waals surface area contributed by atoms with Gasteiger partial charge in [-0.2, -0.15) is 0 Å². The molecule has 2 amide bonds. The topological polar surface area (TPSA) is 70.7 Å². The SMILES string of the molecule is CC(=O)Nc1ccc(C(=O)NCC(C(C)C)N2CCOCC2)cc1. The fourth-order valence-corrected chi connectivity index (χ4v) is 2.90. The second-order valence-corrected chi connectivity index (χ2v) is 6.43. The fourth-order valence-electron chi connectivity index (χ4n) is 2.90. The Morgan fingerprint density at radius 3 is 2.33 bits per heavy atom. The van der Waals surface area contributed by atoms with E-state index in [1.807, 2.05) is 0 Å². The Balaban J connectivity index is 1.91. The molecule has 132 valence electrons. The number of nitrogens with zero attached hydrogens (tertiary/aromatic N) is 1. The lowest BCUT2D eigenvalue weighted by Crippen LogP contribution is -2.51. The van der Waals surface area contributed by atoms with Crippen LogP contribution in [0.4, 0.5) is 5.69 Å². The zero-order chi connectivity index (χ0) is 17.5. The molecular weight excluding hydrogens is 306 g/mol. The Morgan fingerprint density at radius 1 is 1.17 bits per heavy atom. The maximum Gasteiger partial charge on any atom is 0.251 e. The first-order valence-electron chi connectivity index (χ1n) is 8.45. The Bertz CT molecular complexity index is 551. The highest BCUT2D eigenvalue weighted by atomic mass is 16.5. The number of ether oxygens (including phenoxy) is 1. The standard InChI is InChI=1S/C18H27N3O3/c1-13(2)17(21-8-10-24-11-9-21)12-19-18(23)15-4-6-16(7-5-15)20-14(3)22/h4-7,13,17H,8-12H2,1-3H3,(H,19,23)(H,20,22). The van der Waals surface area contributed by atoms with Crippen molar-refractivity contribution in [3.05, 3.63) is 29.8 Å². The molecule has 2 N–H and O–H groups in total. The lowest BCUT2D eigenvalue weighted by atomic mass is 10.0. The monoisotopic (exact) mass is 333 g/mol. The molecule has 2 rings (SSSR count). The minimum Gasteiger partial charge on any atom is -0.379 e. The second kappa shape index (κ2) is 8.80. The quantitative estimate of drug-likeness (QED) is 0.832. The van der Waals surface area contributed by atoms with Gasteiger partial charge in [-0.3, -0.25) is 14.5 Å². The first-order chi connectivity index (χ1) is 11.5. The molecule has 1 heterocycles. The maximum absolute atomic E-state index is 12.3. The van der Waals surface area contributed by atoms with E-state index in [0.29, 0.717) is 29.8 Å². The van der Waals surface area contributed by atoms with Crippen molar-refractivity contribution < 1.29 is 14.3 Å². The molecule has 0 radical (unpaired) electrons. The summed E-state index contributed by atoms with van der Waals surface area (Å²) in [6, 6.07) is 7.21. The number of anilines is 1. The summed E-state index contributed by atoms with van der Waals surface area (Å²) in [6.07, 6.45) is 0. The second-order valence-electron chi connectivity index (χ2n) is 6.43. The average Bonchev–Trinajstić information content (AvgIpc) is 2.55. The van der Waals surface area contributed by atoms with Crippen molar-refractivity contribution in [1.82, 2.24) is 10.2 Å². The number of carbonyl (C=O) groups is 2. The lowest BCUT2D eigenvalue weighted by Gasteiger charge is -2.36. The summed E-state index contributed by atoms with van der Waals surface area (Å²) in [5.74, 6) is 0.228. The summed E-state index contributed by atoms with van der Waals surface area (Å²) in [4.78, 5) is 25.7. The third kappa shape index (κ3) is 5.32. The molecular formula is C18H27N3O3. The first-order valence-corrected chi connectivity index (χ1v) is 8.45. The van der Waals surface area contributed by atoms with Crippen LogP contribution in [-0.4, -0.2) is 55.6 Å². The molecule has 6 heteroatoms. The summed E-state index contributed by atoms with van der Waals surface area (Å²) in [5.41, 5.74) is 1.28. The average molecular weight is 333 g/mol. The number of carbonyl (C=O) groups excluding carboxylic acids is 2. The molecule has 24 heavy (non-hydrogen) atoms. The molecule has 0 spiro atoms. The van der Waals surface area contributed by atoms with Crippen LogP contribution in [-0.2, 0) is 9.53 Å². The van der Waals surface area contributed by atoms with E-state index < -0.39 is 0 Å². The van der Waals surface area contributed by atoms with E-state index in [4.69, 9.17) is 4.74 Å². The highest BCUT2D eigenvalue weighted by molar-refractivity contribution is 5.95. The Morgan fingerprint density at radius 2 is 1.79 bits per heavy atom. The van der Waals surface area contributed by atoms with Crippen LogP contribution in [0, 0.1) is 5.92 Å². The molecule has 1 saturated heterocycles. The van der Waals surface area contributed by atoms with Gasteiger partial charge < -0.3 is 15.4 Å². The summed E-state index contributed by atoms with van der Waals surface area (Å²) < 4.78 is 5.40. The van der Waals surface area contributed by atoms with E-state index in [-0.39, 0.29) is 11.8 Å². The number of hydrogen-bond donors (Lipinski definition) is 2. The number of morpholine rings is 1. The number of hydrogen-bond acceptors (Lipinski definition) is 4. The van der Waals surface area contributed by atoms with Crippen molar-refractivity contribution >= 4 is 17.5 Å². The fraction of sp³-hybridized carbons (Fsp3) is 0.556. The van der Waals surface area contributed by atoms with Crippen LogP contribution >= 0.6 is 0 Å². The molecule has 1 fully saturated rings. The van der Waals surface area contributed by atoms with Gasteiger partial charge in [-0.1, -0.05) is 13.8 Å². The van der Waals surface area contributed by atoms with Gasteiger partial charge in [0.2, 0.25) is 5.91 Å². The smallest absolute Gasteiger partial charge is 0.251 e. The molecule has 1 atom stereocenters. The van der Waals surface area contributed by atoms with Crippen molar-refractivity contribution in [2.45, 2.75) is 26.8 Å². The van der Waals surface area contributed by atoms with Gasteiger partial charge in [0.05, 0.1) is 13.2 Å². The minimum atomic E-state index is -0.127. The van der Waals surface area contributed by atoms with Crippen LogP contribution in [0.25, 0.3) is 0 Å². The van der Waals surface area contributed by atoms with Gasteiger partial charge in [-0.25, -0.2) is 0 Å². The predicted octanol–water partition coefficient (Wildman–Crippen LogP) is 1.73. The van der Waals surface area contributed by atoms with Crippen molar-refractivity contribution in [3.8, 4) is 0 Å². The van der Waals surface area contributed by atoms with Crippen molar-refractivity contribution in [3.63, 3.8) is 0 Å². The van der Waals surface area contributed by atoms with Gasteiger partial charge in [-0.05, 0) is 30.2 Å². The largest absolute Gasteiger partial charge is 0.379 e. The highest BCUT2D eigenvalue weighted by Gasteiger charge is 2.24. The molecule has 0 aromatic heterocycles. The third-order valence-corrected chi connectivity index (χ3v) is 4.22. The van der Waals surface area contributed by atoms with E-state index in [1.165, 1.54) is 6.92 Å². The van der Waals surface area contributed by atoms with Crippen LogP contribution in [0.15, 0.2) is 24.3 Å². The van der Waals surface area contributed by atoms with Crippen LogP contribution in [0.2, 0.25) is 0 Å². The van der Waals surface area contributed by atoms with Gasteiger partial charge in [-0.15, -0.1) is 0 Å². The van der Waals surface area contributed by atoms with Crippen LogP contribution in [0.5, 0.6) is 0 Å². The van der Waals surface area contributed by atoms with E-state index in [9.17, 15) is 9.59 Å². The van der Waals surface area contributed by atoms with E-state index in [2.05, 4.69) is 29.4 Å². The molecule has 1 unspecified atom stereocenters. The van der Waals surface area contributed by atoms with Crippen LogP contribution in [0.1, 0.15) is 31.1 Å². The summed E-state index contributed by atoms with van der Waals surface area (Å²) in [7, 11) is 0. The summed E-state index contributed by atoms with van der Waals surface area (Å²) in [5, 5.41) is 5.72. The van der Waals surface area contributed by atoms with E-state index in [1.54, 1.807) is 24.3 Å². The highest BCUT2D eigenvalue weighted by Crippen LogP contribution is 2.13. The molecule has 1 aliphatic heterocycles. The maximum atomic E-state index is 12.3. The Hall–Kier alpha value is -1.92.